The topological polar surface area (TPSA) is 69.5 Å². The molecule has 2 aliphatic heterocycles. The Balaban J connectivity index is 1.33. The Bertz CT molecular complexity index is 1030. The van der Waals surface area contributed by atoms with Crippen LogP contribution in [0.3, 0.4) is 0 Å². The summed E-state index contributed by atoms with van der Waals surface area (Å²) in [6.07, 6.45) is 7.51. The van der Waals surface area contributed by atoms with E-state index in [1.54, 1.807) is 0 Å². The van der Waals surface area contributed by atoms with Gasteiger partial charge in [-0.15, -0.1) is 5.10 Å². The molecule has 6 nitrogen and oxygen atoms in total. The maximum atomic E-state index is 12.1. The van der Waals surface area contributed by atoms with Crippen molar-refractivity contribution in [3.63, 3.8) is 0 Å². The number of rotatable bonds is 3. The molecule has 2 aromatic rings. The van der Waals surface area contributed by atoms with E-state index < -0.39 is 0 Å². The number of fused-ring (bicyclic) bond motifs is 3. The number of epoxide rings is 1. The van der Waals surface area contributed by atoms with Crippen molar-refractivity contribution in [2.45, 2.75) is 57.0 Å². The summed E-state index contributed by atoms with van der Waals surface area (Å²) in [5.41, 5.74) is 3.43. The number of carbonyl (C=O) groups excluding carboxylic acids is 1. The summed E-state index contributed by atoms with van der Waals surface area (Å²) in [4.78, 5) is 12.1. The van der Waals surface area contributed by atoms with Crippen LogP contribution in [0.5, 0.6) is 0 Å². The second-order valence-corrected chi connectivity index (χ2v) is 9.04. The van der Waals surface area contributed by atoms with Gasteiger partial charge in [0.2, 0.25) is 0 Å². The van der Waals surface area contributed by atoms with Gasteiger partial charge in [-0.3, -0.25) is 0 Å². The molecule has 1 aromatic carbocycles. The monoisotopic (exact) mass is 425 g/mol. The number of ether oxygens (including phenoxy) is 2. The number of allylic oxidation sites excluding steroid dienone is 2. The lowest BCUT2D eigenvalue weighted by Crippen LogP contribution is -2.29. The average molecular weight is 426 g/mol. The van der Waals surface area contributed by atoms with Crippen molar-refractivity contribution in [1.29, 1.82) is 0 Å². The Morgan fingerprint density at radius 2 is 2.13 bits per heavy atom. The molecule has 0 unspecified atom stereocenters. The first-order valence-electron chi connectivity index (χ1n) is 10.3. The van der Waals surface area contributed by atoms with Gasteiger partial charge >= 0.3 is 5.97 Å². The minimum atomic E-state index is -0.281. The van der Waals surface area contributed by atoms with Crippen molar-refractivity contribution in [2.75, 3.05) is 0 Å². The van der Waals surface area contributed by atoms with Gasteiger partial charge in [0, 0.05) is 22.1 Å². The number of esters is 1. The van der Waals surface area contributed by atoms with Crippen LogP contribution in [0.2, 0.25) is 5.02 Å². The lowest BCUT2D eigenvalue weighted by Gasteiger charge is -2.20. The summed E-state index contributed by atoms with van der Waals surface area (Å²) < 4.78 is 13.5. The summed E-state index contributed by atoms with van der Waals surface area (Å²) in [5, 5.41) is 9.31. The molecule has 4 atom stereocenters. The van der Waals surface area contributed by atoms with Crippen molar-refractivity contribution in [2.24, 2.45) is 5.92 Å². The van der Waals surface area contributed by atoms with Crippen LogP contribution in [0.4, 0.5) is 0 Å². The van der Waals surface area contributed by atoms with Gasteiger partial charge in [-0.1, -0.05) is 47.2 Å². The second kappa shape index (κ2) is 7.36. The van der Waals surface area contributed by atoms with E-state index >= 15 is 0 Å². The van der Waals surface area contributed by atoms with E-state index in [-0.39, 0.29) is 29.7 Å². The molecule has 1 aromatic heterocycles. The molecular weight excluding hydrogens is 402 g/mol. The number of nitrogens with zero attached hydrogens (tertiary/aromatic N) is 3. The Morgan fingerprint density at radius 1 is 1.33 bits per heavy atom. The number of hydrogen-bond acceptors (Lipinski definition) is 5. The van der Waals surface area contributed by atoms with Crippen LogP contribution in [0.1, 0.15) is 32.6 Å². The van der Waals surface area contributed by atoms with Crippen LogP contribution < -0.4 is 0 Å². The maximum absolute atomic E-state index is 12.1. The van der Waals surface area contributed by atoms with Gasteiger partial charge < -0.3 is 9.47 Å². The van der Waals surface area contributed by atoms with E-state index in [0.29, 0.717) is 17.1 Å². The number of carbonyl (C=O) groups is 1. The number of benzene rings is 1. The van der Waals surface area contributed by atoms with Crippen molar-refractivity contribution in [1.82, 2.24) is 15.0 Å². The fourth-order valence-corrected chi connectivity index (χ4v) is 4.73. The standard InChI is InChI=1S/C23H24ClN3O3/c1-14-18-10-5-15(4-3-11-23(2)21(30-23)20(18)29-22(14)28)12-27-13-19(25-26-27)16-6-8-17(24)9-7-16/h4,6-9,13,18,20-21H,1,3,5,10-12H2,2H3/b15-4+/t18-,20-,21-,23+/m0/s1. The minimum absolute atomic E-state index is 0.00574. The van der Waals surface area contributed by atoms with E-state index in [0.717, 1.165) is 36.9 Å². The van der Waals surface area contributed by atoms with E-state index in [1.807, 2.05) is 35.1 Å². The molecule has 0 saturated carbocycles. The molecule has 30 heavy (non-hydrogen) atoms. The SMILES string of the molecule is C=C1C(=O)O[C@H]2[C@H]1CC/C(Cn1cc(-c3ccc(Cl)cc3)nn1)=C\CC[C@@]1(C)O[C@@H]21. The number of hydrogen-bond donors (Lipinski definition) is 0. The minimum Gasteiger partial charge on any atom is -0.455 e. The Hall–Kier alpha value is -2.44. The Morgan fingerprint density at radius 3 is 2.93 bits per heavy atom. The Labute approximate surface area is 180 Å². The normalized spacial score (nSPS) is 32.6. The molecule has 0 spiro atoms. The lowest BCUT2D eigenvalue weighted by atomic mass is 9.84. The lowest BCUT2D eigenvalue weighted by molar-refractivity contribution is -0.140. The highest BCUT2D eigenvalue weighted by Gasteiger charge is 2.61. The Kier molecular flexibility index (Phi) is 4.79. The van der Waals surface area contributed by atoms with Crippen molar-refractivity contribution in [3.8, 4) is 11.3 Å². The molecular formula is C23H24ClN3O3. The molecule has 1 aliphatic carbocycles. The predicted molar refractivity (Wildman–Crippen MR) is 113 cm³/mol. The summed E-state index contributed by atoms with van der Waals surface area (Å²) in [6.45, 7) is 6.76. The zero-order valence-corrected chi connectivity index (χ0v) is 17.6. The molecule has 3 heterocycles. The molecule has 2 fully saturated rings. The van der Waals surface area contributed by atoms with Crippen LogP contribution >= 0.6 is 11.6 Å². The van der Waals surface area contributed by atoms with E-state index in [9.17, 15) is 4.79 Å². The van der Waals surface area contributed by atoms with Gasteiger partial charge in [-0.05, 0) is 44.7 Å². The molecule has 5 rings (SSSR count). The van der Waals surface area contributed by atoms with Crippen LogP contribution in [-0.4, -0.2) is 38.8 Å². The molecule has 0 radical (unpaired) electrons. The first-order valence-corrected chi connectivity index (χ1v) is 10.7. The summed E-state index contributed by atoms with van der Waals surface area (Å²) in [6, 6.07) is 7.58. The molecule has 3 aliphatic rings. The fourth-order valence-electron chi connectivity index (χ4n) is 4.60. The highest BCUT2D eigenvalue weighted by atomic mass is 35.5. The zero-order valence-electron chi connectivity index (χ0n) is 16.9. The average Bonchev–Trinajstić information content (AvgIpc) is 3.04. The quantitative estimate of drug-likeness (QED) is 0.316. The summed E-state index contributed by atoms with van der Waals surface area (Å²) in [5.74, 6) is -0.275. The van der Waals surface area contributed by atoms with E-state index in [2.05, 4.69) is 29.9 Å². The first-order chi connectivity index (χ1) is 14.4. The predicted octanol–water partition coefficient (Wildman–Crippen LogP) is 4.35. The largest absolute Gasteiger partial charge is 0.455 e. The van der Waals surface area contributed by atoms with Crippen LogP contribution in [0, 0.1) is 5.92 Å². The third-order valence-corrected chi connectivity index (χ3v) is 6.73. The van der Waals surface area contributed by atoms with Crippen LogP contribution in [0.25, 0.3) is 11.3 Å². The van der Waals surface area contributed by atoms with Crippen LogP contribution in [-0.2, 0) is 20.8 Å². The van der Waals surface area contributed by atoms with Gasteiger partial charge in [-0.25, -0.2) is 9.48 Å². The van der Waals surface area contributed by atoms with Gasteiger partial charge in [-0.2, -0.15) is 0 Å². The van der Waals surface area contributed by atoms with E-state index in [1.165, 1.54) is 5.57 Å². The molecule has 2 saturated heterocycles. The fraction of sp³-hybridized carbons (Fsp3) is 0.435. The molecule has 0 amide bonds. The van der Waals surface area contributed by atoms with Crippen molar-refractivity contribution < 1.29 is 14.3 Å². The molecule has 156 valence electrons. The van der Waals surface area contributed by atoms with Crippen LogP contribution in [0.15, 0.2) is 54.3 Å². The van der Waals surface area contributed by atoms with Gasteiger partial charge in [0.15, 0.2) is 0 Å². The maximum Gasteiger partial charge on any atom is 0.334 e. The number of halogens is 1. The smallest absolute Gasteiger partial charge is 0.334 e. The molecule has 0 N–H and O–H groups in total. The number of aromatic nitrogens is 3. The third kappa shape index (κ3) is 3.59. The molecule has 0 bridgehead atoms. The van der Waals surface area contributed by atoms with Gasteiger partial charge in [0.05, 0.1) is 18.3 Å². The van der Waals surface area contributed by atoms with Crippen molar-refractivity contribution >= 4 is 17.6 Å². The third-order valence-electron chi connectivity index (χ3n) is 6.48. The first kappa shape index (κ1) is 19.5. The summed E-state index contributed by atoms with van der Waals surface area (Å²) in [7, 11) is 0. The van der Waals surface area contributed by atoms with Gasteiger partial charge in [0.1, 0.15) is 17.9 Å². The van der Waals surface area contributed by atoms with E-state index in [4.69, 9.17) is 21.1 Å². The zero-order chi connectivity index (χ0) is 20.9. The van der Waals surface area contributed by atoms with Crippen molar-refractivity contribution in [3.05, 3.63) is 59.3 Å². The molecule has 7 heteroatoms. The van der Waals surface area contributed by atoms with Gasteiger partial charge in [0.25, 0.3) is 0 Å². The highest BCUT2D eigenvalue weighted by Crippen LogP contribution is 2.49. The second-order valence-electron chi connectivity index (χ2n) is 8.60. The highest BCUT2D eigenvalue weighted by molar-refractivity contribution is 6.30. The summed E-state index contributed by atoms with van der Waals surface area (Å²) >= 11 is 5.97.